The summed E-state index contributed by atoms with van der Waals surface area (Å²) in [5.74, 6) is 0.149. The summed E-state index contributed by atoms with van der Waals surface area (Å²) in [7, 11) is 0. The van der Waals surface area contributed by atoms with Crippen LogP contribution in [0.5, 0.6) is 5.75 Å². The Kier molecular flexibility index (Phi) is 4.95. The van der Waals surface area contributed by atoms with E-state index in [2.05, 4.69) is 5.32 Å². The van der Waals surface area contributed by atoms with Crippen LogP contribution in [-0.2, 0) is 9.59 Å². The number of anilines is 2. The molecule has 0 unspecified atom stereocenters. The normalized spacial score (nSPS) is 13.7. The second kappa shape index (κ2) is 7.15. The molecule has 1 aliphatic rings. The second-order valence-corrected chi connectivity index (χ2v) is 6.44. The molecule has 3 rings (SSSR count). The van der Waals surface area contributed by atoms with E-state index in [1.165, 1.54) is 4.90 Å². The SMILES string of the molecule is Cc1cc(C)c(NC(=O)CN2C(=O)CCOc3ccccc32)c(Cl)c1. The summed E-state index contributed by atoms with van der Waals surface area (Å²) in [5, 5.41) is 3.30. The molecule has 0 fully saturated rings. The maximum absolute atomic E-state index is 12.5. The van der Waals surface area contributed by atoms with E-state index in [1.807, 2.05) is 32.0 Å². The third-order valence-corrected chi connectivity index (χ3v) is 4.33. The van der Waals surface area contributed by atoms with Crippen LogP contribution in [0.1, 0.15) is 17.5 Å². The molecule has 0 spiro atoms. The van der Waals surface area contributed by atoms with Gasteiger partial charge in [-0.25, -0.2) is 0 Å². The summed E-state index contributed by atoms with van der Waals surface area (Å²) in [6.45, 7) is 4.03. The Hall–Kier alpha value is -2.53. The molecular formula is C19H19ClN2O3. The zero-order chi connectivity index (χ0) is 18.0. The van der Waals surface area contributed by atoms with Crippen LogP contribution in [0.15, 0.2) is 36.4 Å². The van der Waals surface area contributed by atoms with Crippen molar-refractivity contribution in [3.63, 3.8) is 0 Å². The fourth-order valence-corrected chi connectivity index (χ4v) is 3.26. The Balaban J connectivity index is 1.82. The Morgan fingerprint density at radius 1 is 1.28 bits per heavy atom. The van der Waals surface area contributed by atoms with Crippen LogP contribution >= 0.6 is 11.6 Å². The van der Waals surface area contributed by atoms with Gasteiger partial charge in [-0.15, -0.1) is 0 Å². The molecule has 5 nitrogen and oxygen atoms in total. The lowest BCUT2D eigenvalue weighted by Crippen LogP contribution is -2.37. The number of fused-ring (bicyclic) bond motifs is 1. The summed E-state index contributed by atoms with van der Waals surface area (Å²) in [6.07, 6.45) is 0.228. The molecule has 0 saturated carbocycles. The van der Waals surface area contributed by atoms with Crippen LogP contribution in [0.2, 0.25) is 5.02 Å². The molecule has 1 N–H and O–H groups in total. The van der Waals surface area contributed by atoms with Gasteiger partial charge in [0.25, 0.3) is 0 Å². The van der Waals surface area contributed by atoms with Crippen molar-refractivity contribution in [2.75, 3.05) is 23.4 Å². The van der Waals surface area contributed by atoms with Crippen molar-refractivity contribution in [1.29, 1.82) is 0 Å². The molecule has 0 bridgehead atoms. The lowest BCUT2D eigenvalue weighted by molar-refractivity contribution is -0.121. The topological polar surface area (TPSA) is 58.6 Å². The van der Waals surface area contributed by atoms with Gasteiger partial charge in [0.1, 0.15) is 12.3 Å². The molecule has 25 heavy (non-hydrogen) atoms. The van der Waals surface area contributed by atoms with Gasteiger partial charge < -0.3 is 10.1 Å². The highest BCUT2D eigenvalue weighted by molar-refractivity contribution is 6.34. The minimum atomic E-state index is -0.307. The summed E-state index contributed by atoms with van der Waals surface area (Å²) in [4.78, 5) is 26.4. The third kappa shape index (κ3) is 3.77. The van der Waals surface area contributed by atoms with Crippen molar-refractivity contribution in [1.82, 2.24) is 0 Å². The number of aryl methyl sites for hydroxylation is 2. The molecule has 2 aromatic carbocycles. The number of ether oxygens (including phenoxy) is 1. The van der Waals surface area contributed by atoms with Gasteiger partial charge >= 0.3 is 0 Å². The van der Waals surface area contributed by atoms with Gasteiger partial charge in [-0.3, -0.25) is 14.5 Å². The zero-order valence-electron chi connectivity index (χ0n) is 14.1. The number of nitrogens with one attached hydrogen (secondary N) is 1. The van der Waals surface area contributed by atoms with Gasteiger partial charge in [0.2, 0.25) is 11.8 Å². The van der Waals surface area contributed by atoms with E-state index in [4.69, 9.17) is 16.3 Å². The third-order valence-electron chi connectivity index (χ3n) is 4.03. The molecule has 130 valence electrons. The molecule has 6 heteroatoms. The Labute approximate surface area is 151 Å². The number of amides is 2. The lowest BCUT2D eigenvalue weighted by atomic mass is 10.1. The number of para-hydroxylation sites is 2. The molecule has 1 heterocycles. The minimum absolute atomic E-state index is 0.0944. The maximum atomic E-state index is 12.5. The molecule has 0 radical (unpaired) electrons. The summed E-state index contributed by atoms with van der Waals surface area (Å²) >= 11 is 6.24. The highest BCUT2D eigenvalue weighted by Gasteiger charge is 2.25. The first-order chi connectivity index (χ1) is 12.0. The van der Waals surface area contributed by atoms with Crippen molar-refractivity contribution in [2.24, 2.45) is 0 Å². The predicted octanol–water partition coefficient (Wildman–Crippen LogP) is 3.71. The Bertz CT molecular complexity index is 812. The molecular weight excluding hydrogens is 340 g/mol. The number of nitrogens with zero attached hydrogens (tertiary/aromatic N) is 1. The van der Waals surface area contributed by atoms with E-state index in [-0.39, 0.29) is 24.8 Å². The highest BCUT2D eigenvalue weighted by Crippen LogP contribution is 2.31. The van der Waals surface area contributed by atoms with E-state index < -0.39 is 0 Å². The van der Waals surface area contributed by atoms with Crippen LogP contribution in [0.3, 0.4) is 0 Å². The van der Waals surface area contributed by atoms with Gasteiger partial charge in [0, 0.05) is 0 Å². The van der Waals surface area contributed by atoms with E-state index in [0.717, 1.165) is 11.1 Å². The number of rotatable bonds is 3. The molecule has 0 atom stereocenters. The van der Waals surface area contributed by atoms with Gasteiger partial charge in [0.05, 0.1) is 29.4 Å². The van der Waals surface area contributed by atoms with Crippen LogP contribution < -0.4 is 15.0 Å². The highest BCUT2D eigenvalue weighted by atomic mass is 35.5. The number of halogens is 1. The molecule has 0 aromatic heterocycles. The fourth-order valence-electron chi connectivity index (χ4n) is 2.89. The van der Waals surface area contributed by atoms with Crippen LogP contribution in [0, 0.1) is 13.8 Å². The first-order valence-corrected chi connectivity index (χ1v) is 8.42. The van der Waals surface area contributed by atoms with Gasteiger partial charge in [-0.2, -0.15) is 0 Å². The molecule has 2 aromatic rings. The second-order valence-electron chi connectivity index (χ2n) is 6.03. The van der Waals surface area contributed by atoms with Gasteiger partial charge in [-0.05, 0) is 43.2 Å². The predicted molar refractivity (Wildman–Crippen MR) is 98.5 cm³/mol. The number of carbonyl (C=O) groups is 2. The molecule has 2 amide bonds. The maximum Gasteiger partial charge on any atom is 0.244 e. The largest absolute Gasteiger partial charge is 0.491 e. The summed E-state index contributed by atoms with van der Waals surface area (Å²) < 4.78 is 5.59. The Morgan fingerprint density at radius 3 is 2.80 bits per heavy atom. The molecule has 1 aliphatic heterocycles. The summed E-state index contributed by atoms with van der Waals surface area (Å²) in [5.41, 5.74) is 3.08. The van der Waals surface area contributed by atoms with Crippen molar-refractivity contribution in [3.8, 4) is 5.75 Å². The number of hydrogen-bond acceptors (Lipinski definition) is 3. The van der Waals surface area contributed by atoms with E-state index >= 15 is 0 Å². The first-order valence-electron chi connectivity index (χ1n) is 8.04. The molecule has 0 aliphatic carbocycles. The van der Waals surface area contributed by atoms with E-state index in [0.29, 0.717) is 28.8 Å². The average Bonchev–Trinajstić information content (AvgIpc) is 2.71. The fraction of sp³-hybridized carbons (Fsp3) is 0.263. The molecule has 0 saturated heterocycles. The minimum Gasteiger partial charge on any atom is -0.491 e. The number of hydrogen-bond donors (Lipinski definition) is 1. The van der Waals surface area contributed by atoms with Crippen LogP contribution in [-0.4, -0.2) is 25.0 Å². The van der Waals surface area contributed by atoms with Crippen molar-refractivity contribution in [2.45, 2.75) is 20.3 Å². The smallest absolute Gasteiger partial charge is 0.244 e. The standard InChI is InChI=1S/C19H19ClN2O3/c1-12-9-13(2)19(14(20)10-12)21-17(23)11-22-15-5-3-4-6-16(15)25-8-7-18(22)24/h3-6,9-10H,7-8,11H2,1-2H3,(H,21,23). The van der Waals surface area contributed by atoms with Crippen molar-refractivity contribution >= 4 is 34.8 Å². The van der Waals surface area contributed by atoms with Crippen molar-refractivity contribution < 1.29 is 14.3 Å². The van der Waals surface area contributed by atoms with Gasteiger partial charge in [0.15, 0.2) is 0 Å². The zero-order valence-corrected chi connectivity index (χ0v) is 14.9. The first kappa shape index (κ1) is 17.3. The Morgan fingerprint density at radius 2 is 2.04 bits per heavy atom. The van der Waals surface area contributed by atoms with Crippen molar-refractivity contribution in [3.05, 3.63) is 52.5 Å². The number of carbonyl (C=O) groups excluding carboxylic acids is 2. The van der Waals surface area contributed by atoms with Crippen LogP contribution in [0.25, 0.3) is 0 Å². The summed E-state index contributed by atoms with van der Waals surface area (Å²) in [6, 6.07) is 11.0. The van der Waals surface area contributed by atoms with Crippen LogP contribution in [0.4, 0.5) is 11.4 Å². The quantitative estimate of drug-likeness (QED) is 0.909. The van der Waals surface area contributed by atoms with E-state index in [9.17, 15) is 9.59 Å². The van der Waals surface area contributed by atoms with E-state index in [1.54, 1.807) is 18.2 Å². The average molecular weight is 359 g/mol. The monoisotopic (exact) mass is 358 g/mol. The lowest BCUT2D eigenvalue weighted by Gasteiger charge is -2.22. The van der Waals surface area contributed by atoms with Gasteiger partial charge in [-0.1, -0.05) is 29.8 Å². The number of benzene rings is 2.